The van der Waals surface area contributed by atoms with Crippen LogP contribution in [0.3, 0.4) is 0 Å². The molecule has 2 rings (SSSR count). The Bertz CT molecular complexity index is 442. The van der Waals surface area contributed by atoms with Crippen molar-refractivity contribution in [2.45, 2.75) is 33.0 Å². The molecule has 1 aromatic carbocycles. The Morgan fingerprint density at radius 1 is 1.39 bits per heavy atom. The van der Waals surface area contributed by atoms with Gasteiger partial charge in [0.25, 0.3) is 0 Å². The van der Waals surface area contributed by atoms with Gasteiger partial charge in [0, 0.05) is 5.92 Å². The fraction of sp³-hybridized carbons (Fsp3) is 0.429. The predicted molar refractivity (Wildman–Crippen MR) is 68.0 cm³/mol. The number of oxime groups is 1. The van der Waals surface area contributed by atoms with Gasteiger partial charge in [0.1, 0.15) is 6.61 Å². The van der Waals surface area contributed by atoms with Crippen LogP contribution in [0.4, 0.5) is 0 Å². The van der Waals surface area contributed by atoms with Crippen LogP contribution in [-0.4, -0.2) is 17.8 Å². The molecule has 0 saturated heterocycles. The summed E-state index contributed by atoms with van der Waals surface area (Å²) in [5.74, 6) is -0.350. The predicted octanol–water partition coefficient (Wildman–Crippen LogP) is 2.53. The molecule has 0 amide bonds. The quantitative estimate of drug-likeness (QED) is 0.768. The van der Waals surface area contributed by atoms with Crippen molar-refractivity contribution in [1.29, 1.82) is 0 Å². The lowest BCUT2D eigenvalue weighted by Crippen LogP contribution is -2.30. The van der Waals surface area contributed by atoms with Crippen LogP contribution in [0.1, 0.15) is 25.8 Å². The van der Waals surface area contributed by atoms with Gasteiger partial charge < -0.3 is 9.57 Å². The SMILES string of the molecule is CCC1=NO[C@H](C(=O)OCc2ccccc2)[C@H]1C. The zero-order chi connectivity index (χ0) is 13.0. The van der Waals surface area contributed by atoms with E-state index >= 15 is 0 Å². The molecule has 2 atom stereocenters. The van der Waals surface area contributed by atoms with Crippen LogP contribution in [0.25, 0.3) is 0 Å². The van der Waals surface area contributed by atoms with E-state index in [-0.39, 0.29) is 18.5 Å². The Morgan fingerprint density at radius 2 is 2.11 bits per heavy atom. The molecule has 0 N–H and O–H groups in total. The molecule has 18 heavy (non-hydrogen) atoms. The number of rotatable bonds is 4. The molecule has 4 heteroatoms. The summed E-state index contributed by atoms with van der Waals surface area (Å²) >= 11 is 0. The number of ether oxygens (including phenoxy) is 1. The number of benzene rings is 1. The van der Waals surface area contributed by atoms with Gasteiger partial charge in [-0.1, -0.05) is 49.3 Å². The van der Waals surface area contributed by atoms with Crippen molar-refractivity contribution in [1.82, 2.24) is 0 Å². The molecule has 1 aliphatic heterocycles. The van der Waals surface area contributed by atoms with E-state index in [2.05, 4.69) is 5.16 Å². The summed E-state index contributed by atoms with van der Waals surface area (Å²) < 4.78 is 5.24. The van der Waals surface area contributed by atoms with E-state index in [4.69, 9.17) is 9.57 Å². The average molecular weight is 247 g/mol. The molecule has 0 aliphatic carbocycles. The molecule has 96 valence electrons. The van der Waals surface area contributed by atoms with Crippen molar-refractivity contribution in [3.05, 3.63) is 35.9 Å². The second-order valence-corrected chi connectivity index (χ2v) is 4.34. The number of carbonyl (C=O) groups excluding carboxylic acids is 1. The zero-order valence-electron chi connectivity index (χ0n) is 10.6. The molecular formula is C14H17NO3. The van der Waals surface area contributed by atoms with Crippen LogP contribution < -0.4 is 0 Å². The van der Waals surface area contributed by atoms with Crippen molar-refractivity contribution in [3.63, 3.8) is 0 Å². The van der Waals surface area contributed by atoms with Crippen molar-refractivity contribution in [2.75, 3.05) is 0 Å². The molecule has 0 bridgehead atoms. The summed E-state index contributed by atoms with van der Waals surface area (Å²) in [5, 5.41) is 3.91. The molecular weight excluding hydrogens is 230 g/mol. The van der Waals surface area contributed by atoms with Crippen LogP contribution >= 0.6 is 0 Å². The standard InChI is InChI=1S/C14H17NO3/c1-3-12-10(2)13(18-15-12)14(16)17-9-11-7-5-4-6-8-11/h4-8,10,13H,3,9H2,1-2H3/t10-,13-/m0/s1. The van der Waals surface area contributed by atoms with Gasteiger partial charge in [-0.25, -0.2) is 4.79 Å². The summed E-state index contributed by atoms with van der Waals surface area (Å²) in [6, 6.07) is 9.58. The minimum atomic E-state index is -0.594. The van der Waals surface area contributed by atoms with E-state index in [1.165, 1.54) is 0 Å². The van der Waals surface area contributed by atoms with Crippen molar-refractivity contribution < 1.29 is 14.4 Å². The first-order chi connectivity index (χ1) is 8.72. The van der Waals surface area contributed by atoms with E-state index in [0.29, 0.717) is 0 Å². The van der Waals surface area contributed by atoms with Gasteiger partial charge >= 0.3 is 5.97 Å². The average Bonchev–Trinajstić information content (AvgIpc) is 2.78. The number of esters is 1. The summed E-state index contributed by atoms with van der Waals surface area (Å²) in [6.07, 6.45) is 0.201. The van der Waals surface area contributed by atoms with Gasteiger partial charge in [0.2, 0.25) is 6.10 Å². The number of hydrogen-bond acceptors (Lipinski definition) is 4. The fourth-order valence-corrected chi connectivity index (χ4v) is 1.92. The van der Waals surface area contributed by atoms with Gasteiger partial charge in [-0.05, 0) is 12.0 Å². The second kappa shape index (κ2) is 5.67. The lowest BCUT2D eigenvalue weighted by molar-refractivity contribution is -0.158. The molecule has 1 aliphatic rings. The molecule has 0 radical (unpaired) electrons. The van der Waals surface area contributed by atoms with Crippen molar-refractivity contribution in [3.8, 4) is 0 Å². The molecule has 0 aromatic heterocycles. The molecule has 0 fully saturated rings. The van der Waals surface area contributed by atoms with E-state index < -0.39 is 6.10 Å². The molecule has 1 aromatic rings. The van der Waals surface area contributed by atoms with E-state index in [0.717, 1.165) is 17.7 Å². The summed E-state index contributed by atoms with van der Waals surface area (Å²) in [7, 11) is 0. The van der Waals surface area contributed by atoms with E-state index in [9.17, 15) is 4.79 Å². The lowest BCUT2D eigenvalue weighted by atomic mass is 9.98. The maximum atomic E-state index is 11.9. The lowest BCUT2D eigenvalue weighted by Gasteiger charge is -2.13. The van der Waals surface area contributed by atoms with E-state index in [1.54, 1.807) is 0 Å². The Kier molecular flexibility index (Phi) is 3.97. The first kappa shape index (κ1) is 12.6. The third-order valence-electron chi connectivity index (χ3n) is 3.08. The number of carbonyl (C=O) groups is 1. The minimum absolute atomic E-state index is 0.00160. The highest BCUT2D eigenvalue weighted by molar-refractivity contribution is 5.92. The Morgan fingerprint density at radius 3 is 2.72 bits per heavy atom. The largest absolute Gasteiger partial charge is 0.458 e. The Balaban J connectivity index is 1.87. The summed E-state index contributed by atoms with van der Waals surface area (Å²) in [4.78, 5) is 17.0. The highest BCUT2D eigenvalue weighted by atomic mass is 16.7. The summed E-state index contributed by atoms with van der Waals surface area (Å²) in [5.41, 5.74) is 1.88. The van der Waals surface area contributed by atoms with Gasteiger partial charge in [-0.2, -0.15) is 0 Å². The first-order valence-corrected chi connectivity index (χ1v) is 6.15. The highest BCUT2D eigenvalue weighted by Gasteiger charge is 2.36. The maximum Gasteiger partial charge on any atom is 0.351 e. The molecule has 0 unspecified atom stereocenters. The van der Waals surface area contributed by atoms with Gasteiger partial charge in [-0.3, -0.25) is 0 Å². The smallest absolute Gasteiger partial charge is 0.351 e. The number of nitrogens with zero attached hydrogens (tertiary/aromatic N) is 1. The van der Waals surface area contributed by atoms with Crippen molar-refractivity contribution in [2.24, 2.45) is 11.1 Å². The second-order valence-electron chi connectivity index (χ2n) is 4.34. The highest BCUT2D eigenvalue weighted by Crippen LogP contribution is 2.21. The van der Waals surface area contributed by atoms with Crippen LogP contribution in [0.5, 0.6) is 0 Å². The molecule has 0 spiro atoms. The van der Waals surface area contributed by atoms with Crippen LogP contribution in [0.2, 0.25) is 0 Å². The Hall–Kier alpha value is -1.84. The monoisotopic (exact) mass is 247 g/mol. The van der Waals surface area contributed by atoms with Crippen LogP contribution in [0.15, 0.2) is 35.5 Å². The molecule has 4 nitrogen and oxygen atoms in total. The first-order valence-electron chi connectivity index (χ1n) is 6.15. The minimum Gasteiger partial charge on any atom is -0.458 e. The van der Waals surface area contributed by atoms with Gasteiger partial charge in [0.15, 0.2) is 0 Å². The number of hydrogen-bond donors (Lipinski definition) is 0. The fourth-order valence-electron chi connectivity index (χ4n) is 1.92. The third kappa shape index (κ3) is 2.70. The molecule has 1 heterocycles. The van der Waals surface area contributed by atoms with Gasteiger partial charge in [0.05, 0.1) is 5.71 Å². The third-order valence-corrected chi connectivity index (χ3v) is 3.08. The maximum absolute atomic E-state index is 11.9. The van der Waals surface area contributed by atoms with Crippen LogP contribution in [0, 0.1) is 5.92 Å². The van der Waals surface area contributed by atoms with Gasteiger partial charge in [-0.15, -0.1) is 0 Å². The topological polar surface area (TPSA) is 47.9 Å². The normalized spacial score (nSPS) is 22.2. The van der Waals surface area contributed by atoms with Crippen molar-refractivity contribution >= 4 is 11.7 Å². The van der Waals surface area contributed by atoms with Crippen LogP contribution in [-0.2, 0) is 21.0 Å². The zero-order valence-corrected chi connectivity index (χ0v) is 10.6. The van der Waals surface area contributed by atoms with E-state index in [1.807, 2.05) is 44.2 Å². The Labute approximate surface area is 107 Å². The summed E-state index contributed by atoms with van der Waals surface area (Å²) in [6.45, 7) is 4.20. The molecule has 0 saturated carbocycles.